The van der Waals surface area contributed by atoms with Gasteiger partial charge in [-0.25, -0.2) is 4.79 Å². The van der Waals surface area contributed by atoms with Crippen molar-refractivity contribution in [2.24, 2.45) is 5.73 Å². The molecule has 1 fully saturated rings. The molecule has 1 aliphatic rings. The van der Waals surface area contributed by atoms with Crippen molar-refractivity contribution in [3.05, 3.63) is 0 Å². The smallest absolute Gasteiger partial charge is 0.407 e. The van der Waals surface area contributed by atoms with Crippen molar-refractivity contribution < 1.29 is 9.53 Å². The van der Waals surface area contributed by atoms with E-state index in [0.29, 0.717) is 6.04 Å². The lowest BCUT2D eigenvalue weighted by Gasteiger charge is -2.22. The van der Waals surface area contributed by atoms with E-state index in [1.807, 2.05) is 20.8 Å². The van der Waals surface area contributed by atoms with Crippen LogP contribution in [-0.4, -0.2) is 23.8 Å². The molecule has 3 N–H and O–H groups in total. The lowest BCUT2D eigenvalue weighted by molar-refractivity contribution is 0.0499. The molecule has 1 amide bonds. The fraction of sp³-hybridized carbons (Fsp3) is 0.917. The predicted octanol–water partition coefficient (Wildman–Crippen LogP) is 2.17. The Kier molecular flexibility index (Phi) is 4.59. The van der Waals surface area contributed by atoms with Crippen LogP contribution in [0.4, 0.5) is 4.79 Å². The lowest BCUT2D eigenvalue weighted by atomic mass is 10.1. The van der Waals surface area contributed by atoms with E-state index >= 15 is 0 Å². The van der Waals surface area contributed by atoms with E-state index in [1.165, 1.54) is 0 Å². The van der Waals surface area contributed by atoms with E-state index < -0.39 is 5.60 Å². The summed E-state index contributed by atoms with van der Waals surface area (Å²) < 4.78 is 5.23. The highest BCUT2D eigenvalue weighted by Gasteiger charge is 2.21. The summed E-state index contributed by atoms with van der Waals surface area (Å²) in [4.78, 5) is 11.6. The van der Waals surface area contributed by atoms with Crippen LogP contribution in [0.25, 0.3) is 0 Å². The number of nitrogens with one attached hydrogen (secondary N) is 1. The maximum absolute atomic E-state index is 11.6. The molecule has 0 radical (unpaired) electrons. The van der Waals surface area contributed by atoms with Crippen LogP contribution in [0.2, 0.25) is 0 Å². The van der Waals surface area contributed by atoms with Crippen molar-refractivity contribution in [3.8, 4) is 0 Å². The molecule has 0 spiro atoms. The Labute approximate surface area is 97.9 Å². The Hall–Kier alpha value is -0.770. The first-order valence-electron chi connectivity index (χ1n) is 6.12. The van der Waals surface area contributed by atoms with E-state index in [2.05, 4.69) is 5.32 Å². The molecule has 4 nitrogen and oxygen atoms in total. The zero-order chi connectivity index (χ0) is 12.2. The number of ether oxygens (including phenoxy) is 1. The number of alkyl carbamates (subject to hydrolysis) is 1. The van der Waals surface area contributed by atoms with Gasteiger partial charge < -0.3 is 15.8 Å². The van der Waals surface area contributed by atoms with Gasteiger partial charge in [0.2, 0.25) is 0 Å². The van der Waals surface area contributed by atoms with Gasteiger partial charge in [-0.2, -0.15) is 0 Å². The third-order valence-electron chi connectivity index (χ3n) is 2.73. The van der Waals surface area contributed by atoms with Crippen LogP contribution in [-0.2, 0) is 4.74 Å². The van der Waals surface area contributed by atoms with Crippen LogP contribution in [0.15, 0.2) is 0 Å². The van der Waals surface area contributed by atoms with Gasteiger partial charge >= 0.3 is 6.09 Å². The first-order chi connectivity index (χ1) is 7.37. The lowest BCUT2D eigenvalue weighted by Crippen LogP contribution is -2.39. The molecular weight excluding hydrogens is 204 g/mol. The highest BCUT2D eigenvalue weighted by atomic mass is 16.6. The van der Waals surface area contributed by atoms with E-state index in [0.717, 1.165) is 32.1 Å². The van der Waals surface area contributed by atoms with Crippen LogP contribution in [0.1, 0.15) is 52.9 Å². The van der Waals surface area contributed by atoms with Gasteiger partial charge in [-0.05, 0) is 52.9 Å². The molecule has 0 aromatic carbocycles. The van der Waals surface area contributed by atoms with Gasteiger partial charge in [0.1, 0.15) is 5.60 Å². The monoisotopic (exact) mass is 228 g/mol. The van der Waals surface area contributed by atoms with Gasteiger partial charge in [-0.15, -0.1) is 0 Å². The Morgan fingerprint density at radius 1 is 1.25 bits per heavy atom. The molecule has 1 aliphatic carbocycles. The summed E-state index contributed by atoms with van der Waals surface area (Å²) in [5, 5.41) is 2.92. The van der Waals surface area contributed by atoms with Crippen molar-refractivity contribution in [1.82, 2.24) is 5.32 Å². The van der Waals surface area contributed by atoms with Crippen molar-refractivity contribution in [2.75, 3.05) is 0 Å². The molecule has 0 aromatic heterocycles. The molecule has 0 heterocycles. The number of hydrogen-bond acceptors (Lipinski definition) is 3. The minimum absolute atomic E-state index is 0.225. The average Bonchev–Trinajstić information content (AvgIpc) is 2.27. The Morgan fingerprint density at radius 2 is 1.94 bits per heavy atom. The summed E-state index contributed by atoms with van der Waals surface area (Å²) in [7, 11) is 0. The van der Waals surface area contributed by atoms with Gasteiger partial charge in [-0.1, -0.05) is 0 Å². The van der Waals surface area contributed by atoms with Gasteiger partial charge in [0.15, 0.2) is 0 Å². The van der Waals surface area contributed by atoms with E-state index in [9.17, 15) is 4.79 Å². The summed E-state index contributed by atoms with van der Waals surface area (Å²) in [6, 6.07) is 0.522. The second-order valence-electron chi connectivity index (χ2n) is 5.61. The summed E-state index contributed by atoms with van der Waals surface area (Å²) in [6.45, 7) is 5.61. The minimum atomic E-state index is -0.425. The second kappa shape index (κ2) is 5.53. The van der Waals surface area contributed by atoms with Gasteiger partial charge in [0, 0.05) is 12.1 Å². The third-order valence-corrected chi connectivity index (χ3v) is 2.73. The number of rotatable bonds is 1. The largest absolute Gasteiger partial charge is 0.444 e. The first kappa shape index (κ1) is 13.3. The number of amides is 1. The fourth-order valence-corrected chi connectivity index (χ4v) is 1.95. The van der Waals surface area contributed by atoms with Crippen LogP contribution in [0.5, 0.6) is 0 Å². The van der Waals surface area contributed by atoms with E-state index in [1.54, 1.807) is 0 Å². The average molecular weight is 228 g/mol. The molecule has 0 bridgehead atoms. The number of carbonyl (C=O) groups excluding carboxylic acids is 1. The molecule has 4 heteroatoms. The zero-order valence-electron chi connectivity index (χ0n) is 10.6. The molecule has 2 atom stereocenters. The number of nitrogens with two attached hydrogens (primary N) is 1. The zero-order valence-corrected chi connectivity index (χ0v) is 10.6. The summed E-state index contributed by atoms with van der Waals surface area (Å²) >= 11 is 0. The van der Waals surface area contributed by atoms with Gasteiger partial charge in [0.25, 0.3) is 0 Å². The molecule has 1 saturated carbocycles. The fourth-order valence-electron chi connectivity index (χ4n) is 1.95. The summed E-state index contributed by atoms with van der Waals surface area (Å²) in [5.41, 5.74) is 5.46. The van der Waals surface area contributed by atoms with E-state index in [4.69, 9.17) is 10.5 Å². The number of carbonyl (C=O) groups is 1. The first-order valence-corrected chi connectivity index (χ1v) is 6.12. The molecular formula is C12H24N2O2. The second-order valence-corrected chi connectivity index (χ2v) is 5.61. The molecule has 0 aliphatic heterocycles. The highest BCUT2D eigenvalue weighted by molar-refractivity contribution is 5.68. The molecule has 1 rings (SSSR count). The topological polar surface area (TPSA) is 64.3 Å². The van der Waals surface area contributed by atoms with Crippen LogP contribution < -0.4 is 11.1 Å². The Balaban J connectivity index is 2.33. The minimum Gasteiger partial charge on any atom is -0.444 e. The van der Waals surface area contributed by atoms with Crippen molar-refractivity contribution >= 4 is 6.09 Å². The van der Waals surface area contributed by atoms with Crippen molar-refractivity contribution in [1.29, 1.82) is 0 Å². The molecule has 0 unspecified atom stereocenters. The van der Waals surface area contributed by atoms with Gasteiger partial charge in [-0.3, -0.25) is 0 Å². The maximum Gasteiger partial charge on any atom is 0.407 e. The molecule has 0 saturated heterocycles. The predicted molar refractivity (Wildman–Crippen MR) is 64.2 cm³/mol. The van der Waals surface area contributed by atoms with Crippen LogP contribution in [0, 0.1) is 0 Å². The summed E-state index contributed by atoms with van der Waals surface area (Å²) in [5.74, 6) is 0. The Morgan fingerprint density at radius 3 is 2.56 bits per heavy atom. The van der Waals surface area contributed by atoms with E-state index in [-0.39, 0.29) is 12.1 Å². The van der Waals surface area contributed by atoms with Crippen molar-refractivity contribution in [2.45, 2.75) is 70.6 Å². The maximum atomic E-state index is 11.6. The quantitative estimate of drug-likeness (QED) is 0.676. The normalized spacial score (nSPS) is 27.0. The Bertz CT molecular complexity index is 236. The highest BCUT2D eigenvalue weighted by Crippen LogP contribution is 2.17. The van der Waals surface area contributed by atoms with Crippen LogP contribution >= 0.6 is 0 Å². The SMILES string of the molecule is CC(C)(C)OC(=O)N[C@H]1CCC[C@H](N)CC1. The molecule has 16 heavy (non-hydrogen) atoms. The number of hydrogen-bond donors (Lipinski definition) is 2. The molecule has 0 aromatic rings. The van der Waals surface area contributed by atoms with Crippen LogP contribution in [0.3, 0.4) is 0 Å². The standard InChI is InChI=1S/C12H24N2O2/c1-12(2,3)16-11(15)14-10-6-4-5-9(13)7-8-10/h9-10H,4-8,13H2,1-3H3,(H,14,15)/t9-,10-/m0/s1. The van der Waals surface area contributed by atoms with Crippen molar-refractivity contribution in [3.63, 3.8) is 0 Å². The molecule has 94 valence electrons. The third kappa shape index (κ3) is 5.35. The van der Waals surface area contributed by atoms with Gasteiger partial charge in [0.05, 0.1) is 0 Å². The summed E-state index contributed by atoms with van der Waals surface area (Å²) in [6.07, 6.45) is 4.79.